The molecule has 0 bridgehead atoms. The number of hydrogen-bond donors (Lipinski definition) is 1. The molecule has 94 valence electrons. The van der Waals surface area contributed by atoms with E-state index in [4.69, 9.17) is 0 Å². The van der Waals surface area contributed by atoms with Crippen molar-refractivity contribution < 1.29 is 0 Å². The lowest BCUT2D eigenvalue weighted by Gasteiger charge is -2.30. The van der Waals surface area contributed by atoms with Crippen LogP contribution in [0.25, 0.3) is 0 Å². The smallest absolute Gasteiger partial charge is 0.0233 e. The van der Waals surface area contributed by atoms with Crippen LogP contribution in [0.15, 0.2) is 24.3 Å². The van der Waals surface area contributed by atoms with Gasteiger partial charge < -0.3 is 5.32 Å². The van der Waals surface area contributed by atoms with Crippen LogP contribution in [0.3, 0.4) is 0 Å². The maximum atomic E-state index is 3.21. The molecular formula is C15H24N2. The third-order valence-electron chi connectivity index (χ3n) is 3.65. The summed E-state index contributed by atoms with van der Waals surface area (Å²) in [6.45, 7) is 6.97. The average Bonchev–Trinajstić information content (AvgIpc) is 2.33. The predicted molar refractivity (Wildman–Crippen MR) is 72.9 cm³/mol. The molecule has 2 nitrogen and oxygen atoms in total. The summed E-state index contributed by atoms with van der Waals surface area (Å²) in [4.78, 5) is 2.58. The van der Waals surface area contributed by atoms with Gasteiger partial charge in [0.05, 0.1) is 0 Å². The SMILES string of the molecule is CNCc1cccc(CN2CCC(C)CC2)c1. The van der Waals surface area contributed by atoms with E-state index in [2.05, 4.69) is 41.4 Å². The van der Waals surface area contributed by atoms with Crippen molar-refractivity contribution in [1.82, 2.24) is 10.2 Å². The molecule has 0 atom stereocenters. The Morgan fingerprint density at radius 2 is 1.94 bits per heavy atom. The van der Waals surface area contributed by atoms with Crippen LogP contribution in [0.5, 0.6) is 0 Å². The molecule has 1 fully saturated rings. The molecule has 17 heavy (non-hydrogen) atoms. The molecule has 0 spiro atoms. The molecule has 1 aliphatic rings. The molecule has 0 saturated carbocycles. The summed E-state index contributed by atoms with van der Waals surface area (Å²) in [5, 5.41) is 3.21. The van der Waals surface area contributed by atoms with Crippen LogP contribution in [0.1, 0.15) is 30.9 Å². The second-order valence-corrected chi connectivity index (χ2v) is 5.31. The minimum absolute atomic E-state index is 0.918. The Bertz CT molecular complexity index is 341. The van der Waals surface area contributed by atoms with Crippen molar-refractivity contribution in [2.24, 2.45) is 5.92 Å². The molecule has 1 N–H and O–H groups in total. The van der Waals surface area contributed by atoms with Gasteiger partial charge >= 0.3 is 0 Å². The highest BCUT2D eigenvalue weighted by Crippen LogP contribution is 2.18. The Balaban J connectivity index is 1.91. The zero-order chi connectivity index (χ0) is 12.1. The van der Waals surface area contributed by atoms with Crippen LogP contribution in [0.4, 0.5) is 0 Å². The minimum atomic E-state index is 0.918. The molecule has 2 heteroatoms. The van der Waals surface area contributed by atoms with Crippen LogP contribution >= 0.6 is 0 Å². The first-order valence-corrected chi connectivity index (χ1v) is 6.72. The van der Waals surface area contributed by atoms with Gasteiger partial charge in [-0.2, -0.15) is 0 Å². The number of piperidine rings is 1. The lowest BCUT2D eigenvalue weighted by atomic mass is 9.98. The third kappa shape index (κ3) is 3.83. The van der Waals surface area contributed by atoms with Crippen molar-refractivity contribution in [3.8, 4) is 0 Å². The van der Waals surface area contributed by atoms with Gasteiger partial charge in [0, 0.05) is 13.1 Å². The first-order valence-electron chi connectivity index (χ1n) is 6.72. The van der Waals surface area contributed by atoms with E-state index in [1.54, 1.807) is 0 Å². The number of nitrogens with zero attached hydrogens (tertiary/aromatic N) is 1. The van der Waals surface area contributed by atoms with Crippen molar-refractivity contribution in [3.05, 3.63) is 35.4 Å². The topological polar surface area (TPSA) is 15.3 Å². The summed E-state index contributed by atoms with van der Waals surface area (Å²) in [5.41, 5.74) is 2.84. The van der Waals surface area contributed by atoms with Gasteiger partial charge in [0.25, 0.3) is 0 Å². The molecular weight excluding hydrogens is 208 g/mol. The van der Waals surface area contributed by atoms with Gasteiger partial charge in [0.2, 0.25) is 0 Å². The highest BCUT2D eigenvalue weighted by Gasteiger charge is 2.15. The number of benzene rings is 1. The summed E-state index contributed by atoms with van der Waals surface area (Å²) in [6.07, 6.45) is 2.71. The number of rotatable bonds is 4. The van der Waals surface area contributed by atoms with E-state index < -0.39 is 0 Å². The number of hydrogen-bond acceptors (Lipinski definition) is 2. The Morgan fingerprint density at radius 3 is 2.65 bits per heavy atom. The molecule has 1 aliphatic heterocycles. The summed E-state index contributed by atoms with van der Waals surface area (Å²) in [5.74, 6) is 0.918. The van der Waals surface area contributed by atoms with Gasteiger partial charge in [-0.25, -0.2) is 0 Å². The molecule has 1 aromatic rings. The van der Waals surface area contributed by atoms with Gasteiger partial charge in [-0.05, 0) is 50.0 Å². The van der Waals surface area contributed by atoms with Crippen molar-refractivity contribution in [2.45, 2.75) is 32.9 Å². The highest BCUT2D eigenvalue weighted by molar-refractivity contribution is 5.23. The first kappa shape index (κ1) is 12.6. The summed E-state index contributed by atoms with van der Waals surface area (Å²) >= 11 is 0. The fourth-order valence-electron chi connectivity index (χ4n) is 2.52. The Kier molecular flexibility index (Phi) is 4.57. The van der Waals surface area contributed by atoms with E-state index in [-0.39, 0.29) is 0 Å². The van der Waals surface area contributed by atoms with Crippen molar-refractivity contribution >= 4 is 0 Å². The molecule has 0 aliphatic carbocycles. The summed E-state index contributed by atoms with van der Waals surface area (Å²) < 4.78 is 0. The Labute approximate surface area is 105 Å². The van der Waals surface area contributed by atoms with Crippen LogP contribution in [-0.2, 0) is 13.1 Å². The summed E-state index contributed by atoms with van der Waals surface area (Å²) in [7, 11) is 2.00. The predicted octanol–water partition coefficient (Wildman–Crippen LogP) is 2.64. The molecule has 0 amide bonds. The van der Waals surface area contributed by atoms with Crippen LogP contribution in [0.2, 0.25) is 0 Å². The van der Waals surface area contributed by atoms with Gasteiger partial charge in [-0.3, -0.25) is 4.90 Å². The normalized spacial score (nSPS) is 18.5. The zero-order valence-corrected chi connectivity index (χ0v) is 11.1. The van der Waals surface area contributed by atoms with Crippen LogP contribution < -0.4 is 5.32 Å². The lowest BCUT2D eigenvalue weighted by Crippen LogP contribution is -2.32. The van der Waals surface area contributed by atoms with Crippen LogP contribution in [0, 0.1) is 5.92 Å². The molecule has 1 heterocycles. The molecule has 0 unspecified atom stereocenters. The van der Waals surface area contributed by atoms with E-state index in [1.807, 2.05) is 7.05 Å². The molecule has 0 aromatic heterocycles. The van der Waals surface area contributed by atoms with Gasteiger partial charge in [-0.15, -0.1) is 0 Å². The highest BCUT2D eigenvalue weighted by atomic mass is 15.1. The van der Waals surface area contributed by atoms with E-state index in [9.17, 15) is 0 Å². The van der Waals surface area contributed by atoms with E-state index >= 15 is 0 Å². The maximum Gasteiger partial charge on any atom is 0.0233 e. The lowest BCUT2D eigenvalue weighted by molar-refractivity contribution is 0.185. The zero-order valence-electron chi connectivity index (χ0n) is 11.1. The number of nitrogens with one attached hydrogen (secondary N) is 1. The molecule has 2 rings (SSSR count). The van der Waals surface area contributed by atoms with Crippen molar-refractivity contribution in [2.75, 3.05) is 20.1 Å². The Hall–Kier alpha value is -0.860. The van der Waals surface area contributed by atoms with Crippen LogP contribution in [-0.4, -0.2) is 25.0 Å². The van der Waals surface area contributed by atoms with Gasteiger partial charge in [-0.1, -0.05) is 31.2 Å². The van der Waals surface area contributed by atoms with E-state index in [0.717, 1.165) is 19.0 Å². The molecule has 0 radical (unpaired) electrons. The second kappa shape index (κ2) is 6.18. The molecule has 1 aromatic carbocycles. The average molecular weight is 232 g/mol. The largest absolute Gasteiger partial charge is 0.316 e. The monoisotopic (exact) mass is 232 g/mol. The minimum Gasteiger partial charge on any atom is -0.316 e. The third-order valence-corrected chi connectivity index (χ3v) is 3.65. The number of likely N-dealkylation sites (tertiary alicyclic amines) is 1. The maximum absolute atomic E-state index is 3.21. The summed E-state index contributed by atoms with van der Waals surface area (Å²) in [6, 6.07) is 8.94. The second-order valence-electron chi connectivity index (χ2n) is 5.31. The molecule has 1 saturated heterocycles. The van der Waals surface area contributed by atoms with E-state index in [1.165, 1.54) is 37.1 Å². The van der Waals surface area contributed by atoms with Gasteiger partial charge in [0.1, 0.15) is 0 Å². The van der Waals surface area contributed by atoms with Gasteiger partial charge in [0.15, 0.2) is 0 Å². The van der Waals surface area contributed by atoms with Crippen molar-refractivity contribution in [1.29, 1.82) is 0 Å². The quantitative estimate of drug-likeness (QED) is 0.858. The first-order chi connectivity index (χ1) is 8.28. The standard InChI is InChI=1S/C15H24N2/c1-13-6-8-17(9-7-13)12-15-5-3-4-14(10-15)11-16-2/h3-5,10,13,16H,6-9,11-12H2,1-2H3. The van der Waals surface area contributed by atoms with E-state index in [0.29, 0.717) is 0 Å². The fourth-order valence-corrected chi connectivity index (χ4v) is 2.52. The fraction of sp³-hybridized carbons (Fsp3) is 0.600. The Morgan fingerprint density at radius 1 is 1.24 bits per heavy atom. The van der Waals surface area contributed by atoms with Crippen molar-refractivity contribution in [3.63, 3.8) is 0 Å².